The fourth-order valence-electron chi connectivity index (χ4n) is 2.77. The molecule has 0 spiro atoms. The first kappa shape index (κ1) is 16.3. The summed E-state index contributed by atoms with van der Waals surface area (Å²) in [5, 5.41) is 3.33. The number of piperazine rings is 1. The molecule has 24 heavy (non-hydrogen) atoms. The van der Waals surface area contributed by atoms with Gasteiger partial charge in [0, 0.05) is 32.0 Å². The summed E-state index contributed by atoms with van der Waals surface area (Å²) < 4.78 is 10.7. The van der Waals surface area contributed by atoms with Crippen molar-refractivity contribution in [3.05, 3.63) is 54.4 Å². The van der Waals surface area contributed by atoms with Gasteiger partial charge in [-0.2, -0.15) is 0 Å². The highest BCUT2D eigenvalue weighted by Crippen LogP contribution is 2.22. The Kier molecular flexibility index (Phi) is 5.28. The fraction of sp³-hybridized carbons (Fsp3) is 0.333. The number of nitrogens with zero attached hydrogens (tertiary/aromatic N) is 2. The first-order valence-corrected chi connectivity index (χ1v) is 7.95. The maximum Gasteiger partial charge on any atom is 0.261 e. The molecular formula is C18H21N3O3. The van der Waals surface area contributed by atoms with Gasteiger partial charge in [-0.1, -0.05) is 6.07 Å². The Labute approximate surface area is 141 Å². The molecule has 0 aliphatic carbocycles. The number of hydrogen-bond acceptors (Lipinski definition) is 5. The Morgan fingerprint density at radius 3 is 2.79 bits per heavy atom. The number of amides is 1. The second kappa shape index (κ2) is 7.79. The molecular weight excluding hydrogens is 306 g/mol. The van der Waals surface area contributed by atoms with Crippen molar-refractivity contribution in [2.45, 2.75) is 6.04 Å². The Hall–Kier alpha value is -2.60. The first-order valence-electron chi connectivity index (χ1n) is 7.95. The van der Waals surface area contributed by atoms with Crippen molar-refractivity contribution in [3.8, 4) is 11.5 Å². The second-order valence-electron chi connectivity index (χ2n) is 5.56. The average Bonchev–Trinajstić information content (AvgIpc) is 2.67. The summed E-state index contributed by atoms with van der Waals surface area (Å²) in [7, 11) is 1.61. The van der Waals surface area contributed by atoms with Crippen LogP contribution in [0, 0.1) is 0 Å². The lowest BCUT2D eigenvalue weighted by Gasteiger charge is -2.36. The molecule has 3 rings (SSSR count). The van der Waals surface area contributed by atoms with Gasteiger partial charge in [0.05, 0.1) is 13.2 Å². The third-order valence-electron chi connectivity index (χ3n) is 4.05. The van der Waals surface area contributed by atoms with Crippen molar-refractivity contribution < 1.29 is 14.3 Å². The first-order chi connectivity index (χ1) is 11.8. The predicted octanol–water partition coefficient (Wildman–Crippen LogP) is 1.64. The van der Waals surface area contributed by atoms with Crippen LogP contribution in [-0.2, 0) is 4.79 Å². The van der Waals surface area contributed by atoms with Gasteiger partial charge < -0.3 is 19.7 Å². The molecule has 1 saturated heterocycles. The van der Waals surface area contributed by atoms with Crippen molar-refractivity contribution in [2.75, 3.05) is 33.4 Å². The number of rotatable bonds is 5. The van der Waals surface area contributed by atoms with Crippen LogP contribution in [0.25, 0.3) is 0 Å². The molecule has 1 atom stereocenters. The van der Waals surface area contributed by atoms with E-state index in [0.29, 0.717) is 12.3 Å². The third-order valence-corrected chi connectivity index (χ3v) is 4.05. The van der Waals surface area contributed by atoms with Crippen LogP contribution in [0.2, 0.25) is 0 Å². The molecule has 126 valence electrons. The van der Waals surface area contributed by atoms with Crippen molar-refractivity contribution in [1.29, 1.82) is 0 Å². The van der Waals surface area contributed by atoms with E-state index in [0.717, 1.165) is 24.4 Å². The van der Waals surface area contributed by atoms with E-state index in [1.807, 2.05) is 35.4 Å². The predicted molar refractivity (Wildman–Crippen MR) is 90.0 cm³/mol. The van der Waals surface area contributed by atoms with Gasteiger partial charge in [-0.05, 0) is 35.9 Å². The van der Waals surface area contributed by atoms with Gasteiger partial charge in [0.1, 0.15) is 11.5 Å². The fourth-order valence-corrected chi connectivity index (χ4v) is 2.77. The number of methoxy groups -OCH3 is 1. The van der Waals surface area contributed by atoms with Gasteiger partial charge in [-0.25, -0.2) is 0 Å². The van der Waals surface area contributed by atoms with Gasteiger partial charge in [0.25, 0.3) is 5.91 Å². The summed E-state index contributed by atoms with van der Waals surface area (Å²) in [6, 6.07) is 11.1. The second-order valence-corrected chi connectivity index (χ2v) is 5.56. The summed E-state index contributed by atoms with van der Waals surface area (Å²) in [5.41, 5.74) is 1.03. The highest BCUT2D eigenvalue weighted by molar-refractivity contribution is 5.78. The number of carbonyl (C=O) groups is 1. The highest BCUT2D eigenvalue weighted by Gasteiger charge is 2.28. The van der Waals surface area contributed by atoms with Gasteiger partial charge >= 0.3 is 0 Å². The molecule has 0 saturated carbocycles. The summed E-state index contributed by atoms with van der Waals surface area (Å²) in [4.78, 5) is 18.6. The molecule has 6 nitrogen and oxygen atoms in total. The standard InChI is InChI=1S/C18H21N3O3/c1-23-15-4-6-16(7-5-15)24-13-18(22)21-10-9-20-12-17(21)14-3-2-8-19-11-14/h2-8,11,17,20H,9-10,12-13H2,1H3. The number of carbonyl (C=O) groups excluding carboxylic acids is 1. The summed E-state index contributed by atoms with van der Waals surface area (Å²) in [5.74, 6) is 1.38. The number of aromatic nitrogens is 1. The Morgan fingerprint density at radius 1 is 1.29 bits per heavy atom. The van der Waals surface area contributed by atoms with Crippen LogP contribution in [0.15, 0.2) is 48.8 Å². The smallest absolute Gasteiger partial charge is 0.261 e. The molecule has 0 radical (unpaired) electrons. The van der Waals surface area contributed by atoms with E-state index in [4.69, 9.17) is 9.47 Å². The Balaban J connectivity index is 1.63. The summed E-state index contributed by atoms with van der Waals surface area (Å²) in [6.45, 7) is 2.18. The van der Waals surface area contributed by atoms with Crippen molar-refractivity contribution in [3.63, 3.8) is 0 Å². The molecule has 1 aromatic heterocycles. The summed E-state index contributed by atoms with van der Waals surface area (Å²) in [6.07, 6.45) is 3.54. The van der Waals surface area contributed by atoms with E-state index in [2.05, 4.69) is 10.3 Å². The van der Waals surface area contributed by atoms with Crippen LogP contribution in [0.1, 0.15) is 11.6 Å². The van der Waals surface area contributed by atoms with Gasteiger partial charge in [-0.3, -0.25) is 9.78 Å². The molecule has 1 fully saturated rings. The van der Waals surface area contributed by atoms with Gasteiger partial charge in [0.2, 0.25) is 0 Å². The van der Waals surface area contributed by atoms with E-state index in [1.165, 1.54) is 0 Å². The van der Waals surface area contributed by atoms with E-state index in [1.54, 1.807) is 25.4 Å². The molecule has 6 heteroatoms. The zero-order chi connectivity index (χ0) is 16.8. The van der Waals surface area contributed by atoms with Crippen LogP contribution in [-0.4, -0.2) is 49.1 Å². The minimum Gasteiger partial charge on any atom is -0.497 e. The highest BCUT2D eigenvalue weighted by atomic mass is 16.5. The third kappa shape index (κ3) is 3.83. The number of ether oxygens (including phenoxy) is 2. The Bertz CT molecular complexity index is 661. The topological polar surface area (TPSA) is 63.7 Å². The quantitative estimate of drug-likeness (QED) is 0.904. The van der Waals surface area contributed by atoms with Crippen LogP contribution in [0.4, 0.5) is 0 Å². The molecule has 1 aliphatic heterocycles. The van der Waals surface area contributed by atoms with Crippen molar-refractivity contribution in [1.82, 2.24) is 15.2 Å². The molecule has 2 aromatic rings. The van der Waals surface area contributed by atoms with Crippen LogP contribution in [0.5, 0.6) is 11.5 Å². The SMILES string of the molecule is COc1ccc(OCC(=O)N2CCNCC2c2cccnc2)cc1. The molecule has 1 aromatic carbocycles. The van der Waals surface area contributed by atoms with Crippen LogP contribution >= 0.6 is 0 Å². The van der Waals surface area contributed by atoms with E-state index in [-0.39, 0.29) is 18.6 Å². The van der Waals surface area contributed by atoms with Crippen molar-refractivity contribution >= 4 is 5.91 Å². The monoisotopic (exact) mass is 327 g/mol. The Morgan fingerprint density at radius 2 is 2.08 bits per heavy atom. The maximum absolute atomic E-state index is 12.6. The largest absolute Gasteiger partial charge is 0.497 e. The lowest BCUT2D eigenvalue weighted by molar-refractivity contribution is -0.136. The summed E-state index contributed by atoms with van der Waals surface area (Å²) >= 11 is 0. The molecule has 1 unspecified atom stereocenters. The number of pyridine rings is 1. The van der Waals surface area contributed by atoms with Gasteiger partial charge in [0.15, 0.2) is 6.61 Å². The zero-order valence-electron chi connectivity index (χ0n) is 13.6. The van der Waals surface area contributed by atoms with E-state index >= 15 is 0 Å². The van der Waals surface area contributed by atoms with E-state index < -0.39 is 0 Å². The normalized spacial score (nSPS) is 17.4. The number of hydrogen-bond donors (Lipinski definition) is 1. The van der Waals surface area contributed by atoms with Crippen LogP contribution < -0.4 is 14.8 Å². The maximum atomic E-state index is 12.6. The lowest BCUT2D eigenvalue weighted by Crippen LogP contribution is -2.50. The van der Waals surface area contributed by atoms with Crippen molar-refractivity contribution in [2.24, 2.45) is 0 Å². The average molecular weight is 327 g/mol. The molecule has 1 N–H and O–H groups in total. The minimum atomic E-state index is -0.0267. The molecule has 1 aliphatic rings. The lowest BCUT2D eigenvalue weighted by atomic mass is 10.1. The number of nitrogens with one attached hydrogen (secondary N) is 1. The zero-order valence-corrected chi connectivity index (χ0v) is 13.6. The minimum absolute atomic E-state index is 0.0144. The molecule has 0 bridgehead atoms. The van der Waals surface area contributed by atoms with Gasteiger partial charge in [-0.15, -0.1) is 0 Å². The molecule has 1 amide bonds. The van der Waals surface area contributed by atoms with E-state index in [9.17, 15) is 4.79 Å². The number of benzene rings is 1. The van der Waals surface area contributed by atoms with Crippen LogP contribution in [0.3, 0.4) is 0 Å². The molecule has 2 heterocycles.